The lowest BCUT2D eigenvalue weighted by Gasteiger charge is -2.32. The first kappa shape index (κ1) is 18.7. The molecule has 0 aromatic heterocycles. The molecule has 0 spiro atoms. The van der Waals surface area contributed by atoms with Gasteiger partial charge in [0.05, 0.1) is 17.2 Å². The predicted molar refractivity (Wildman–Crippen MR) is 98.8 cm³/mol. The summed E-state index contributed by atoms with van der Waals surface area (Å²) >= 11 is 0. The van der Waals surface area contributed by atoms with Crippen molar-refractivity contribution < 1.29 is 24.0 Å². The van der Waals surface area contributed by atoms with E-state index in [0.717, 1.165) is 16.7 Å². The molecule has 3 rings (SSSR count). The second kappa shape index (κ2) is 6.28. The molecule has 2 aliphatic heterocycles. The molecule has 1 aromatic rings. The number of rotatable bonds is 3. The van der Waals surface area contributed by atoms with Crippen LogP contribution in [-0.4, -0.2) is 48.0 Å². The molecule has 26 heavy (non-hydrogen) atoms. The van der Waals surface area contributed by atoms with Crippen molar-refractivity contribution in [2.24, 2.45) is 0 Å². The van der Waals surface area contributed by atoms with Gasteiger partial charge in [0.25, 0.3) is 0 Å². The van der Waals surface area contributed by atoms with Gasteiger partial charge in [-0.05, 0) is 51.7 Å². The minimum Gasteiger partial charge on any atom is -0.465 e. The average Bonchev–Trinajstić information content (AvgIpc) is 2.95. The summed E-state index contributed by atoms with van der Waals surface area (Å²) in [7, 11) is -0.455. The lowest BCUT2D eigenvalue weighted by atomic mass is 9.78. The molecule has 2 saturated heterocycles. The van der Waals surface area contributed by atoms with Crippen molar-refractivity contribution in [3.8, 4) is 0 Å². The number of nitrogens with one attached hydrogen (secondary N) is 1. The molecule has 7 nitrogen and oxygen atoms in total. The van der Waals surface area contributed by atoms with Crippen LogP contribution >= 0.6 is 0 Å². The normalized spacial score (nSPS) is 24.2. The summed E-state index contributed by atoms with van der Waals surface area (Å²) in [5, 5.41) is 11.2. The number of anilines is 1. The molecule has 0 aliphatic carbocycles. The van der Waals surface area contributed by atoms with Gasteiger partial charge in [0, 0.05) is 18.7 Å². The average molecular weight is 360 g/mol. The maximum atomic E-state index is 12.3. The fourth-order valence-corrected chi connectivity index (χ4v) is 3.32. The van der Waals surface area contributed by atoms with Crippen molar-refractivity contribution in [1.82, 2.24) is 5.32 Å². The standard InChI is InChI=1S/C18H25BN2O5/c1-11-8-12(19-25-17(2,3)18(4,5)26-19)6-7-14(11)21-10-13(9-15(21)22)20-16(23)24/h6-8,13,20H,9-10H2,1-5H3,(H,23,24)/t13-/m0/s1. The van der Waals surface area contributed by atoms with Crippen molar-refractivity contribution in [3.05, 3.63) is 23.8 Å². The summed E-state index contributed by atoms with van der Waals surface area (Å²) in [6.45, 7) is 10.3. The predicted octanol–water partition coefficient (Wildman–Crippen LogP) is 1.67. The Kier molecular flexibility index (Phi) is 4.52. The number of hydrogen-bond donors (Lipinski definition) is 2. The monoisotopic (exact) mass is 360 g/mol. The third kappa shape index (κ3) is 3.31. The Balaban J connectivity index is 1.79. The molecular weight excluding hydrogens is 335 g/mol. The second-order valence-electron chi connectivity index (χ2n) is 7.99. The van der Waals surface area contributed by atoms with Gasteiger partial charge in [-0.3, -0.25) is 4.79 Å². The van der Waals surface area contributed by atoms with Gasteiger partial charge in [0.15, 0.2) is 0 Å². The SMILES string of the molecule is Cc1cc(B2OC(C)(C)C(C)(C)O2)ccc1N1C[C@@H](NC(=O)O)CC1=O. The number of amides is 2. The highest BCUT2D eigenvalue weighted by molar-refractivity contribution is 6.62. The molecule has 0 radical (unpaired) electrons. The van der Waals surface area contributed by atoms with E-state index in [4.69, 9.17) is 14.4 Å². The van der Waals surface area contributed by atoms with Crippen molar-refractivity contribution in [1.29, 1.82) is 0 Å². The molecule has 2 amide bonds. The van der Waals surface area contributed by atoms with Gasteiger partial charge in [-0.2, -0.15) is 0 Å². The van der Waals surface area contributed by atoms with Crippen molar-refractivity contribution in [2.45, 2.75) is 58.3 Å². The van der Waals surface area contributed by atoms with Gasteiger partial charge in [0.2, 0.25) is 5.91 Å². The summed E-state index contributed by atoms with van der Waals surface area (Å²) in [5.41, 5.74) is 1.78. The molecule has 0 saturated carbocycles. The molecule has 2 heterocycles. The molecule has 2 fully saturated rings. The van der Waals surface area contributed by atoms with Crippen LogP contribution in [0.4, 0.5) is 10.5 Å². The highest BCUT2D eigenvalue weighted by Crippen LogP contribution is 2.36. The fraction of sp³-hybridized carbons (Fsp3) is 0.556. The van der Waals surface area contributed by atoms with Crippen LogP contribution in [-0.2, 0) is 14.1 Å². The number of carbonyl (C=O) groups is 2. The summed E-state index contributed by atoms with van der Waals surface area (Å²) < 4.78 is 12.1. The van der Waals surface area contributed by atoms with Crippen molar-refractivity contribution in [2.75, 3.05) is 11.4 Å². The fourth-order valence-electron chi connectivity index (χ4n) is 3.32. The minimum absolute atomic E-state index is 0.0877. The van der Waals surface area contributed by atoms with Gasteiger partial charge in [0.1, 0.15) is 0 Å². The van der Waals surface area contributed by atoms with Gasteiger partial charge in [-0.25, -0.2) is 4.79 Å². The quantitative estimate of drug-likeness (QED) is 0.801. The Morgan fingerprint density at radius 3 is 2.42 bits per heavy atom. The summed E-state index contributed by atoms with van der Waals surface area (Å²) in [5.74, 6) is -0.0877. The molecule has 8 heteroatoms. The zero-order valence-corrected chi connectivity index (χ0v) is 15.8. The molecule has 2 N–H and O–H groups in total. The zero-order valence-electron chi connectivity index (χ0n) is 15.8. The van der Waals surface area contributed by atoms with E-state index in [2.05, 4.69) is 5.32 Å². The summed E-state index contributed by atoms with van der Waals surface area (Å²) in [4.78, 5) is 24.7. The van der Waals surface area contributed by atoms with Crippen LogP contribution in [0.25, 0.3) is 0 Å². The number of carbonyl (C=O) groups excluding carboxylic acids is 1. The van der Waals surface area contributed by atoms with E-state index < -0.39 is 24.4 Å². The van der Waals surface area contributed by atoms with Gasteiger partial charge in [-0.15, -0.1) is 0 Å². The molecule has 0 unspecified atom stereocenters. The lowest BCUT2D eigenvalue weighted by molar-refractivity contribution is -0.117. The minimum atomic E-state index is -1.11. The maximum absolute atomic E-state index is 12.3. The zero-order chi connectivity index (χ0) is 19.3. The number of carboxylic acid groups (broad SMARTS) is 1. The second-order valence-corrected chi connectivity index (χ2v) is 7.99. The first-order chi connectivity index (χ1) is 12.0. The van der Waals surface area contributed by atoms with Crippen LogP contribution in [0.3, 0.4) is 0 Å². The largest absolute Gasteiger partial charge is 0.494 e. The Morgan fingerprint density at radius 2 is 1.88 bits per heavy atom. The molecule has 140 valence electrons. The van der Waals surface area contributed by atoms with Crippen molar-refractivity contribution in [3.63, 3.8) is 0 Å². The molecule has 0 bridgehead atoms. The third-order valence-electron chi connectivity index (χ3n) is 5.49. The third-order valence-corrected chi connectivity index (χ3v) is 5.49. The molecular formula is C18H25BN2O5. The van der Waals surface area contributed by atoms with E-state index in [0.29, 0.717) is 6.54 Å². The van der Waals surface area contributed by atoms with Crippen molar-refractivity contribution >= 4 is 30.3 Å². The molecule has 1 atom stereocenters. The topological polar surface area (TPSA) is 88.1 Å². The Labute approximate surface area is 153 Å². The highest BCUT2D eigenvalue weighted by Gasteiger charge is 2.51. The van der Waals surface area contributed by atoms with E-state index in [-0.39, 0.29) is 18.4 Å². The highest BCUT2D eigenvalue weighted by atomic mass is 16.7. The van der Waals surface area contributed by atoms with Crippen LogP contribution in [0.1, 0.15) is 39.7 Å². The first-order valence-corrected chi connectivity index (χ1v) is 8.76. The Bertz CT molecular complexity index is 733. The number of benzene rings is 1. The van der Waals surface area contributed by atoms with Gasteiger partial charge in [-0.1, -0.05) is 12.1 Å². The van der Waals surface area contributed by atoms with E-state index >= 15 is 0 Å². The number of hydrogen-bond acceptors (Lipinski definition) is 4. The molecule has 1 aromatic carbocycles. The van der Waals surface area contributed by atoms with E-state index in [1.54, 1.807) is 4.90 Å². The Hall–Kier alpha value is -2.06. The van der Waals surface area contributed by atoms with Gasteiger partial charge >= 0.3 is 13.2 Å². The van der Waals surface area contributed by atoms with E-state index in [1.165, 1.54) is 0 Å². The van der Waals surface area contributed by atoms with Crippen LogP contribution in [0, 0.1) is 6.92 Å². The lowest BCUT2D eigenvalue weighted by Crippen LogP contribution is -2.41. The van der Waals surface area contributed by atoms with E-state index in [1.807, 2.05) is 52.8 Å². The van der Waals surface area contributed by atoms with E-state index in [9.17, 15) is 9.59 Å². The van der Waals surface area contributed by atoms with Crippen LogP contribution in [0.5, 0.6) is 0 Å². The number of aryl methyl sites for hydroxylation is 1. The van der Waals surface area contributed by atoms with Gasteiger partial charge < -0.3 is 24.6 Å². The molecule has 2 aliphatic rings. The summed E-state index contributed by atoms with van der Waals surface area (Å²) in [6, 6.07) is 5.34. The Morgan fingerprint density at radius 1 is 1.27 bits per heavy atom. The first-order valence-electron chi connectivity index (χ1n) is 8.76. The van der Waals surface area contributed by atoms with Crippen LogP contribution in [0.15, 0.2) is 18.2 Å². The maximum Gasteiger partial charge on any atom is 0.494 e. The number of nitrogens with zero attached hydrogens (tertiary/aromatic N) is 1. The smallest absolute Gasteiger partial charge is 0.465 e. The van der Waals surface area contributed by atoms with Crippen LogP contribution in [0.2, 0.25) is 0 Å². The summed E-state index contributed by atoms with van der Waals surface area (Å²) in [6.07, 6.45) is -0.942. The van der Waals surface area contributed by atoms with Crippen LogP contribution < -0.4 is 15.7 Å².